The molecule has 3 aromatic carbocycles. The summed E-state index contributed by atoms with van der Waals surface area (Å²) in [6.07, 6.45) is 0.405. The summed E-state index contributed by atoms with van der Waals surface area (Å²) in [6.45, 7) is -0.360. The lowest BCUT2D eigenvalue weighted by molar-refractivity contribution is -0.116. The summed E-state index contributed by atoms with van der Waals surface area (Å²) in [6, 6.07) is 18.4. The summed E-state index contributed by atoms with van der Waals surface area (Å²) in [5.41, 5.74) is 1.36. The minimum atomic E-state index is -4.12. The average Bonchev–Trinajstić information content (AvgIpc) is 2.83. The van der Waals surface area contributed by atoms with Crippen LogP contribution in [0.15, 0.2) is 71.6 Å². The Morgan fingerprint density at radius 3 is 2.32 bits per heavy atom. The number of ether oxygens (including phenoxy) is 2. The van der Waals surface area contributed by atoms with E-state index in [0.717, 1.165) is 9.87 Å². The van der Waals surface area contributed by atoms with Gasteiger partial charge in [0.1, 0.15) is 4.90 Å². The van der Waals surface area contributed by atoms with Gasteiger partial charge in [-0.15, -0.1) is 0 Å². The Balaban J connectivity index is 1.86. The van der Waals surface area contributed by atoms with E-state index in [1.54, 1.807) is 18.2 Å². The molecule has 0 aromatic heterocycles. The van der Waals surface area contributed by atoms with Crippen LogP contribution in [0.4, 0.5) is 5.69 Å². The molecule has 0 saturated heterocycles. The number of anilines is 1. The van der Waals surface area contributed by atoms with Gasteiger partial charge in [-0.05, 0) is 42.3 Å². The molecule has 1 N–H and O–H groups in total. The number of hydrogen-bond acceptors (Lipinski definition) is 5. The SMILES string of the molecule is COc1ccc(NC(=O)CN(CCc2ccccc2)S(=O)(=O)c2cc(Cl)ccc2Cl)cc1OC. The summed E-state index contributed by atoms with van der Waals surface area (Å²) in [5, 5.41) is 2.95. The van der Waals surface area contributed by atoms with E-state index >= 15 is 0 Å². The number of carbonyl (C=O) groups is 1. The third-order valence-electron chi connectivity index (χ3n) is 4.99. The van der Waals surface area contributed by atoms with Gasteiger partial charge >= 0.3 is 0 Å². The molecule has 10 heteroatoms. The van der Waals surface area contributed by atoms with Gasteiger partial charge in [-0.1, -0.05) is 53.5 Å². The highest BCUT2D eigenvalue weighted by Gasteiger charge is 2.29. The van der Waals surface area contributed by atoms with Gasteiger partial charge in [0.2, 0.25) is 15.9 Å². The Labute approximate surface area is 209 Å². The van der Waals surface area contributed by atoms with E-state index in [2.05, 4.69) is 5.32 Å². The van der Waals surface area contributed by atoms with Crippen LogP contribution in [-0.4, -0.2) is 45.9 Å². The van der Waals surface area contributed by atoms with Crippen molar-refractivity contribution in [2.75, 3.05) is 32.6 Å². The van der Waals surface area contributed by atoms with Gasteiger partial charge in [0.25, 0.3) is 0 Å². The molecule has 1 amide bonds. The van der Waals surface area contributed by atoms with Crippen molar-refractivity contribution in [2.24, 2.45) is 0 Å². The molecular formula is C24H24Cl2N2O5S. The molecule has 180 valence electrons. The Hall–Kier alpha value is -2.78. The van der Waals surface area contributed by atoms with Crippen LogP contribution >= 0.6 is 23.2 Å². The van der Waals surface area contributed by atoms with Crippen LogP contribution in [0.5, 0.6) is 11.5 Å². The highest BCUT2D eigenvalue weighted by atomic mass is 35.5. The number of methoxy groups -OCH3 is 2. The van der Waals surface area contributed by atoms with Crippen LogP contribution in [0.3, 0.4) is 0 Å². The maximum Gasteiger partial charge on any atom is 0.245 e. The third kappa shape index (κ3) is 6.42. The van der Waals surface area contributed by atoms with E-state index in [9.17, 15) is 13.2 Å². The highest BCUT2D eigenvalue weighted by molar-refractivity contribution is 7.89. The van der Waals surface area contributed by atoms with Crippen molar-refractivity contribution in [1.82, 2.24) is 4.31 Å². The van der Waals surface area contributed by atoms with Crippen LogP contribution in [0.2, 0.25) is 10.0 Å². The summed E-state index contributed by atoms with van der Waals surface area (Å²) >= 11 is 12.2. The second-order valence-electron chi connectivity index (χ2n) is 7.27. The van der Waals surface area contributed by atoms with Crippen molar-refractivity contribution in [3.05, 3.63) is 82.3 Å². The minimum absolute atomic E-state index is 0.0226. The van der Waals surface area contributed by atoms with E-state index in [1.165, 1.54) is 32.4 Å². The van der Waals surface area contributed by atoms with Crippen LogP contribution < -0.4 is 14.8 Å². The zero-order chi connectivity index (χ0) is 24.7. The molecule has 3 rings (SSSR count). The smallest absolute Gasteiger partial charge is 0.245 e. The fourth-order valence-corrected chi connectivity index (χ4v) is 5.41. The van der Waals surface area contributed by atoms with E-state index in [0.29, 0.717) is 23.6 Å². The van der Waals surface area contributed by atoms with Crippen LogP contribution in [-0.2, 0) is 21.2 Å². The molecule has 3 aromatic rings. The number of benzene rings is 3. The summed E-state index contributed by atoms with van der Waals surface area (Å²) in [4.78, 5) is 12.7. The molecule has 0 aliphatic heterocycles. The Morgan fingerprint density at radius 1 is 0.941 bits per heavy atom. The molecule has 0 atom stereocenters. The van der Waals surface area contributed by atoms with Crippen LogP contribution in [0.1, 0.15) is 5.56 Å². The first-order valence-corrected chi connectivity index (χ1v) is 12.4. The first-order valence-electron chi connectivity index (χ1n) is 10.3. The Morgan fingerprint density at radius 2 is 1.65 bits per heavy atom. The molecule has 0 aliphatic rings. The van der Waals surface area contributed by atoms with Crippen LogP contribution in [0, 0.1) is 0 Å². The second kappa shape index (κ2) is 11.6. The maximum atomic E-state index is 13.5. The predicted molar refractivity (Wildman–Crippen MR) is 134 cm³/mol. The number of nitrogens with one attached hydrogen (secondary N) is 1. The zero-order valence-electron chi connectivity index (χ0n) is 18.6. The van der Waals surface area contributed by atoms with Gasteiger partial charge in [-0.3, -0.25) is 4.79 Å². The largest absolute Gasteiger partial charge is 0.493 e. The molecule has 7 nitrogen and oxygen atoms in total. The molecular weight excluding hydrogens is 499 g/mol. The van der Waals surface area contributed by atoms with Crippen molar-refractivity contribution in [1.29, 1.82) is 0 Å². The zero-order valence-corrected chi connectivity index (χ0v) is 21.0. The molecule has 0 heterocycles. The fraction of sp³-hybridized carbons (Fsp3) is 0.208. The summed E-state index contributed by atoms with van der Waals surface area (Å²) < 4.78 is 38.5. The average molecular weight is 523 g/mol. The van der Waals surface area contributed by atoms with Gasteiger partial charge in [-0.2, -0.15) is 4.31 Å². The van der Waals surface area contributed by atoms with Crippen molar-refractivity contribution < 1.29 is 22.7 Å². The quantitative estimate of drug-likeness (QED) is 0.410. The molecule has 0 unspecified atom stereocenters. The van der Waals surface area contributed by atoms with E-state index in [4.69, 9.17) is 32.7 Å². The van der Waals surface area contributed by atoms with Gasteiger partial charge in [0, 0.05) is 23.3 Å². The Bertz CT molecular complexity index is 1250. The number of carbonyl (C=O) groups excluding carboxylic acids is 1. The molecule has 0 radical (unpaired) electrons. The van der Waals surface area contributed by atoms with Crippen molar-refractivity contribution in [3.63, 3.8) is 0 Å². The maximum absolute atomic E-state index is 13.5. The number of amides is 1. The molecule has 0 bridgehead atoms. The normalized spacial score (nSPS) is 11.3. The van der Waals surface area contributed by atoms with Gasteiger partial charge < -0.3 is 14.8 Å². The molecule has 0 spiro atoms. The highest BCUT2D eigenvalue weighted by Crippen LogP contribution is 2.30. The van der Waals surface area contributed by atoms with Crippen molar-refractivity contribution in [2.45, 2.75) is 11.3 Å². The fourth-order valence-electron chi connectivity index (χ4n) is 3.27. The van der Waals surface area contributed by atoms with Gasteiger partial charge in [-0.25, -0.2) is 8.42 Å². The number of sulfonamides is 1. The van der Waals surface area contributed by atoms with Crippen molar-refractivity contribution >= 4 is 44.8 Å². The first kappa shape index (κ1) is 25.8. The standard InChI is InChI=1S/C24H24Cl2N2O5S/c1-32-21-11-9-19(15-22(21)33-2)27-24(29)16-28(13-12-17-6-4-3-5-7-17)34(30,31)23-14-18(25)8-10-20(23)26/h3-11,14-15H,12-13,16H2,1-2H3,(H,27,29). The van der Waals surface area contributed by atoms with Crippen molar-refractivity contribution in [3.8, 4) is 11.5 Å². The molecule has 0 aliphatic carbocycles. The molecule has 34 heavy (non-hydrogen) atoms. The lowest BCUT2D eigenvalue weighted by atomic mass is 10.1. The van der Waals surface area contributed by atoms with E-state index in [-0.39, 0.29) is 21.5 Å². The Kier molecular flexibility index (Phi) is 8.79. The van der Waals surface area contributed by atoms with E-state index < -0.39 is 22.5 Å². The van der Waals surface area contributed by atoms with Crippen LogP contribution in [0.25, 0.3) is 0 Å². The van der Waals surface area contributed by atoms with Gasteiger partial charge in [0.05, 0.1) is 25.8 Å². The minimum Gasteiger partial charge on any atom is -0.493 e. The third-order valence-corrected chi connectivity index (χ3v) is 7.55. The second-order valence-corrected chi connectivity index (χ2v) is 10.0. The summed E-state index contributed by atoms with van der Waals surface area (Å²) in [5.74, 6) is 0.407. The molecule has 0 saturated carbocycles. The molecule has 0 fully saturated rings. The number of nitrogens with zero attached hydrogens (tertiary/aromatic N) is 1. The number of hydrogen-bond donors (Lipinski definition) is 1. The van der Waals surface area contributed by atoms with Gasteiger partial charge in [0.15, 0.2) is 11.5 Å². The topological polar surface area (TPSA) is 84.9 Å². The van der Waals surface area contributed by atoms with E-state index in [1.807, 2.05) is 30.3 Å². The lowest BCUT2D eigenvalue weighted by Gasteiger charge is -2.23. The lowest BCUT2D eigenvalue weighted by Crippen LogP contribution is -2.39. The predicted octanol–water partition coefficient (Wildman–Crippen LogP) is 4.88. The summed E-state index contributed by atoms with van der Waals surface area (Å²) in [7, 11) is -1.14. The number of halogens is 2. The first-order chi connectivity index (χ1) is 16.2. The number of rotatable bonds is 10. The monoisotopic (exact) mass is 522 g/mol.